The highest BCUT2D eigenvalue weighted by Crippen LogP contribution is 2.39. The Balaban J connectivity index is 1.49. The molecule has 1 aliphatic heterocycles. The van der Waals surface area contributed by atoms with Gasteiger partial charge in [0.25, 0.3) is 0 Å². The van der Waals surface area contributed by atoms with Gasteiger partial charge in [-0.3, -0.25) is 9.59 Å². The standard InChI is InChI=1S/C22H23N3O2S/c1-13(2)14-5-3-6-16(9-14)25-12-15(10-20(25)26)21(27)24-22-18(11-23)17-7-4-8-19(17)28-22/h3,5-6,9,13,15H,4,7-8,10,12H2,1-2H3,(H,24,27)/t15-/m0/s1. The van der Waals surface area contributed by atoms with Crippen LogP contribution in [0, 0.1) is 17.2 Å². The zero-order valence-electron chi connectivity index (χ0n) is 16.1. The summed E-state index contributed by atoms with van der Waals surface area (Å²) in [5.74, 6) is -0.233. The van der Waals surface area contributed by atoms with Gasteiger partial charge in [0.15, 0.2) is 0 Å². The molecule has 1 aromatic heterocycles. The van der Waals surface area contributed by atoms with Gasteiger partial charge >= 0.3 is 0 Å². The van der Waals surface area contributed by atoms with E-state index >= 15 is 0 Å². The summed E-state index contributed by atoms with van der Waals surface area (Å²) in [7, 11) is 0. The molecule has 28 heavy (non-hydrogen) atoms. The van der Waals surface area contributed by atoms with Crippen LogP contribution in [0.4, 0.5) is 10.7 Å². The zero-order valence-corrected chi connectivity index (χ0v) is 16.9. The predicted octanol–water partition coefficient (Wildman–Crippen LogP) is 4.22. The third kappa shape index (κ3) is 3.31. The number of thiophene rings is 1. The number of rotatable bonds is 4. The number of anilines is 2. The number of amides is 2. The molecule has 1 aliphatic carbocycles. The van der Waals surface area contributed by atoms with Gasteiger partial charge in [-0.2, -0.15) is 5.26 Å². The van der Waals surface area contributed by atoms with Gasteiger partial charge in [-0.15, -0.1) is 11.3 Å². The molecule has 0 spiro atoms. The van der Waals surface area contributed by atoms with Crippen molar-refractivity contribution in [3.63, 3.8) is 0 Å². The van der Waals surface area contributed by atoms with Crippen LogP contribution < -0.4 is 10.2 Å². The quantitative estimate of drug-likeness (QED) is 0.845. The normalized spacial score (nSPS) is 18.4. The van der Waals surface area contributed by atoms with Crippen LogP contribution >= 0.6 is 11.3 Å². The maximum atomic E-state index is 12.8. The summed E-state index contributed by atoms with van der Waals surface area (Å²) >= 11 is 1.51. The molecule has 0 saturated carbocycles. The minimum atomic E-state index is -0.404. The van der Waals surface area contributed by atoms with Crippen LogP contribution in [0.5, 0.6) is 0 Å². The van der Waals surface area contributed by atoms with E-state index in [4.69, 9.17) is 0 Å². The second-order valence-corrected chi connectivity index (χ2v) is 8.92. The lowest BCUT2D eigenvalue weighted by Crippen LogP contribution is -2.28. The predicted molar refractivity (Wildman–Crippen MR) is 111 cm³/mol. The lowest BCUT2D eigenvalue weighted by Gasteiger charge is -2.18. The number of carbonyl (C=O) groups excluding carboxylic acids is 2. The Kier molecular flexibility index (Phi) is 4.94. The van der Waals surface area contributed by atoms with Gasteiger partial charge < -0.3 is 10.2 Å². The molecule has 1 fully saturated rings. The van der Waals surface area contributed by atoms with E-state index in [1.54, 1.807) is 4.90 Å². The van der Waals surface area contributed by atoms with Crippen molar-refractivity contribution in [1.29, 1.82) is 5.26 Å². The van der Waals surface area contributed by atoms with E-state index in [1.807, 2.05) is 18.2 Å². The van der Waals surface area contributed by atoms with Gasteiger partial charge in [-0.25, -0.2) is 0 Å². The molecule has 0 bridgehead atoms. The summed E-state index contributed by atoms with van der Waals surface area (Å²) in [6, 6.07) is 10.2. The van der Waals surface area contributed by atoms with Crippen molar-refractivity contribution in [3.05, 3.63) is 45.8 Å². The molecule has 2 heterocycles. The maximum absolute atomic E-state index is 12.8. The van der Waals surface area contributed by atoms with Crippen LogP contribution in [0.25, 0.3) is 0 Å². The Labute approximate surface area is 169 Å². The Morgan fingerprint density at radius 2 is 2.18 bits per heavy atom. The molecule has 2 aliphatic rings. The number of fused-ring (bicyclic) bond motifs is 1. The molecule has 1 aromatic carbocycles. The summed E-state index contributed by atoms with van der Waals surface area (Å²) < 4.78 is 0. The third-order valence-corrected chi connectivity index (χ3v) is 6.82. The molecule has 5 nitrogen and oxygen atoms in total. The van der Waals surface area contributed by atoms with E-state index in [1.165, 1.54) is 21.8 Å². The van der Waals surface area contributed by atoms with Gasteiger partial charge in [0.05, 0.1) is 11.5 Å². The van der Waals surface area contributed by atoms with Crippen LogP contribution in [-0.4, -0.2) is 18.4 Å². The first-order valence-electron chi connectivity index (χ1n) is 9.73. The second-order valence-electron chi connectivity index (χ2n) is 7.82. The lowest BCUT2D eigenvalue weighted by atomic mass is 10.0. The molecule has 1 saturated heterocycles. The highest BCUT2D eigenvalue weighted by atomic mass is 32.1. The van der Waals surface area contributed by atoms with Crippen molar-refractivity contribution in [2.24, 2.45) is 5.92 Å². The number of nitriles is 1. The minimum absolute atomic E-state index is 0.0322. The number of aryl methyl sites for hydroxylation is 1. The molecule has 2 amide bonds. The van der Waals surface area contributed by atoms with E-state index < -0.39 is 5.92 Å². The van der Waals surface area contributed by atoms with Crippen molar-refractivity contribution >= 4 is 33.8 Å². The zero-order chi connectivity index (χ0) is 19.8. The third-order valence-electron chi connectivity index (χ3n) is 5.61. The van der Waals surface area contributed by atoms with Crippen LogP contribution in [-0.2, 0) is 22.4 Å². The highest BCUT2D eigenvalue weighted by molar-refractivity contribution is 7.16. The number of nitrogens with one attached hydrogen (secondary N) is 1. The van der Waals surface area contributed by atoms with Crippen molar-refractivity contribution in [2.45, 2.75) is 45.4 Å². The molecule has 2 aromatic rings. The summed E-state index contributed by atoms with van der Waals surface area (Å²) in [6.45, 7) is 4.61. The number of nitrogens with zero attached hydrogens (tertiary/aromatic N) is 2. The van der Waals surface area contributed by atoms with Crippen LogP contribution in [0.3, 0.4) is 0 Å². The Morgan fingerprint density at radius 1 is 1.36 bits per heavy atom. The van der Waals surface area contributed by atoms with Crippen molar-refractivity contribution < 1.29 is 9.59 Å². The summed E-state index contributed by atoms with van der Waals surface area (Å²) in [5, 5.41) is 13.1. The van der Waals surface area contributed by atoms with Gasteiger partial charge in [0.2, 0.25) is 11.8 Å². The molecule has 0 radical (unpaired) electrons. The van der Waals surface area contributed by atoms with Crippen LogP contribution in [0.2, 0.25) is 0 Å². The lowest BCUT2D eigenvalue weighted by molar-refractivity contribution is -0.122. The smallest absolute Gasteiger partial charge is 0.230 e. The van der Waals surface area contributed by atoms with Gasteiger partial charge in [0, 0.05) is 23.5 Å². The molecule has 1 N–H and O–H groups in total. The van der Waals surface area contributed by atoms with Crippen molar-refractivity contribution in [3.8, 4) is 6.07 Å². The topological polar surface area (TPSA) is 73.2 Å². The molecular formula is C22H23N3O2S. The summed E-state index contributed by atoms with van der Waals surface area (Å²) in [4.78, 5) is 28.3. The van der Waals surface area contributed by atoms with E-state index in [0.29, 0.717) is 23.0 Å². The first kappa shape index (κ1) is 18.7. The second kappa shape index (κ2) is 7.40. The molecule has 144 valence electrons. The Bertz CT molecular complexity index is 986. The average Bonchev–Trinajstić information content (AvgIpc) is 3.36. The van der Waals surface area contributed by atoms with E-state index in [-0.39, 0.29) is 18.2 Å². The molecule has 1 atom stereocenters. The maximum Gasteiger partial charge on any atom is 0.230 e. The molecular weight excluding hydrogens is 370 g/mol. The first-order valence-corrected chi connectivity index (χ1v) is 10.6. The number of hydrogen-bond donors (Lipinski definition) is 1. The Morgan fingerprint density at radius 3 is 2.93 bits per heavy atom. The fourth-order valence-electron chi connectivity index (χ4n) is 4.01. The first-order chi connectivity index (χ1) is 13.5. The molecule has 6 heteroatoms. The molecule has 0 unspecified atom stereocenters. The fourth-order valence-corrected chi connectivity index (χ4v) is 5.25. The van der Waals surface area contributed by atoms with E-state index in [9.17, 15) is 14.9 Å². The van der Waals surface area contributed by atoms with Gasteiger partial charge in [-0.1, -0.05) is 26.0 Å². The van der Waals surface area contributed by atoms with Crippen molar-refractivity contribution in [2.75, 3.05) is 16.8 Å². The molecule has 4 rings (SSSR count). The summed E-state index contributed by atoms with van der Waals surface area (Å²) in [6.07, 6.45) is 3.16. The minimum Gasteiger partial charge on any atom is -0.316 e. The monoisotopic (exact) mass is 393 g/mol. The van der Waals surface area contributed by atoms with E-state index in [0.717, 1.165) is 30.5 Å². The number of carbonyl (C=O) groups is 2. The fraction of sp³-hybridized carbons (Fsp3) is 0.409. The van der Waals surface area contributed by atoms with Crippen LogP contribution in [0.1, 0.15) is 54.2 Å². The van der Waals surface area contributed by atoms with Gasteiger partial charge in [-0.05, 0) is 48.4 Å². The SMILES string of the molecule is CC(C)c1cccc(N2C[C@@H](C(=O)Nc3sc4c(c3C#N)CCC4)CC2=O)c1. The number of benzene rings is 1. The van der Waals surface area contributed by atoms with Gasteiger partial charge in [0.1, 0.15) is 11.1 Å². The highest BCUT2D eigenvalue weighted by Gasteiger charge is 2.36. The summed E-state index contributed by atoms with van der Waals surface area (Å²) in [5.41, 5.74) is 3.72. The van der Waals surface area contributed by atoms with E-state index in [2.05, 4.69) is 31.3 Å². The van der Waals surface area contributed by atoms with Crippen LogP contribution in [0.15, 0.2) is 24.3 Å². The number of hydrogen-bond acceptors (Lipinski definition) is 4. The average molecular weight is 394 g/mol. The largest absolute Gasteiger partial charge is 0.316 e. The van der Waals surface area contributed by atoms with Crippen molar-refractivity contribution in [1.82, 2.24) is 0 Å². The Hall–Kier alpha value is -2.65.